The van der Waals surface area contributed by atoms with Crippen molar-refractivity contribution in [1.29, 1.82) is 0 Å². The second-order valence-electron chi connectivity index (χ2n) is 4.12. The summed E-state index contributed by atoms with van der Waals surface area (Å²) < 4.78 is 0. The van der Waals surface area contributed by atoms with Crippen LogP contribution in [0.1, 0.15) is 32.3 Å². The second-order valence-corrected chi connectivity index (χ2v) is 5.23. The summed E-state index contributed by atoms with van der Waals surface area (Å²) in [5.41, 5.74) is 1.19. The number of alkyl halides is 1. The van der Waals surface area contributed by atoms with Crippen molar-refractivity contribution in [2.75, 3.05) is 6.54 Å². The van der Waals surface area contributed by atoms with Gasteiger partial charge in [0.2, 0.25) is 5.91 Å². The number of amides is 1. The van der Waals surface area contributed by atoms with E-state index in [9.17, 15) is 4.79 Å². The van der Waals surface area contributed by atoms with Gasteiger partial charge in [-0.25, -0.2) is 0 Å². The molecule has 1 unspecified atom stereocenters. The molecule has 1 aromatic carbocycles. The van der Waals surface area contributed by atoms with Crippen LogP contribution in [0, 0.1) is 0 Å². The van der Waals surface area contributed by atoms with Crippen molar-refractivity contribution in [3.05, 3.63) is 35.9 Å². The lowest BCUT2D eigenvalue weighted by Crippen LogP contribution is -2.36. The molecule has 0 bridgehead atoms. The third kappa shape index (κ3) is 4.50. The molecule has 0 spiro atoms. The fraction of sp³-hybridized carbons (Fsp3) is 0.500. The summed E-state index contributed by atoms with van der Waals surface area (Å²) in [7, 11) is 0. The average molecular weight is 298 g/mol. The van der Waals surface area contributed by atoms with Crippen LogP contribution >= 0.6 is 15.9 Å². The minimum Gasteiger partial charge on any atom is -0.337 e. The standard InChI is InChI=1S/C14H20BrNO/c1-3-10-16(14(17)13(15)4-2)11-12-8-6-5-7-9-12/h5-9,13H,3-4,10-11H2,1-2H3. The van der Waals surface area contributed by atoms with Gasteiger partial charge in [-0.1, -0.05) is 60.1 Å². The van der Waals surface area contributed by atoms with Gasteiger partial charge in [0, 0.05) is 13.1 Å². The molecule has 1 amide bonds. The minimum atomic E-state index is -0.0576. The lowest BCUT2D eigenvalue weighted by Gasteiger charge is -2.24. The highest BCUT2D eigenvalue weighted by Crippen LogP contribution is 2.13. The predicted molar refractivity (Wildman–Crippen MR) is 75.2 cm³/mol. The first-order valence-corrected chi connectivity index (χ1v) is 7.07. The zero-order valence-electron chi connectivity index (χ0n) is 10.5. The fourth-order valence-corrected chi connectivity index (χ4v) is 2.00. The predicted octanol–water partition coefficient (Wildman–Crippen LogP) is 3.60. The fourth-order valence-electron chi connectivity index (χ4n) is 1.71. The highest BCUT2D eigenvalue weighted by Gasteiger charge is 2.19. The Morgan fingerprint density at radius 2 is 1.94 bits per heavy atom. The number of hydrogen-bond donors (Lipinski definition) is 0. The number of carbonyl (C=O) groups excluding carboxylic acids is 1. The van der Waals surface area contributed by atoms with Gasteiger partial charge in [-0.2, -0.15) is 0 Å². The van der Waals surface area contributed by atoms with Crippen molar-refractivity contribution in [3.63, 3.8) is 0 Å². The molecule has 0 aliphatic heterocycles. The zero-order valence-corrected chi connectivity index (χ0v) is 12.1. The van der Waals surface area contributed by atoms with E-state index in [2.05, 4.69) is 35.0 Å². The number of halogens is 1. The maximum atomic E-state index is 12.1. The van der Waals surface area contributed by atoms with Crippen LogP contribution in [-0.4, -0.2) is 22.2 Å². The van der Waals surface area contributed by atoms with Crippen LogP contribution in [0.4, 0.5) is 0 Å². The van der Waals surface area contributed by atoms with E-state index in [0.29, 0.717) is 6.54 Å². The molecule has 0 N–H and O–H groups in total. The number of hydrogen-bond acceptors (Lipinski definition) is 1. The third-order valence-electron chi connectivity index (χ3n) is 2.65. The SMILES string of the molecule is CCCN(Cc1ccccc1)C(=O)C(Br)CC. The van der Waals surface area contributed by atoms with Gasteiger partial charge in [-0.3, -0.25) is 4.79 Å². The molecule has 94 valence electrons. The number of carbonyl (C=O) groups is 1. The summed E-state index contributed by atoms with van der Waals surface area (Å²) in [5, 5.41) is 0. The molecule has 0 saturated heterocycles. The topological polar surface area (TPSA) is 20.3 Å². The third-order valence-corrected chi connectivity index (χ3v) is 3.69. The molecule has 1 rings (SSSR count). The summed E-state index contributed by atoms with van der Waals surface area (Å²) in [5.74, 6) is 0.193. The molecule has 0 aliphatic carbocycles. The molecular weight excluding hydrogens is 278 g/mol. The van der Waals surface area contributed by atoms with Crippen LogP contribution in [0.5, 0.6) is 0 Å². The van der Waals surface area contributed by atoms with Crippen molar-refractivity contribution in [2.45, 2.75) is 38.1 Å². The molecule has 0 fully saturated rings. The zero-order chi connectivity index (χ0) is 12.7. The number of benzene rings is 1. The van der Waals surface area contributed by atoms with Gasteiger partial charge in [0.1, 0.15) is 0 Å². The highest BCUT2D eigenvalue weighted by molar-refractivity contribution is 9.10. The first kappa shape index (κ1) is 14.2. The van der Waals surface area contributed by atoms with Gasteiger partial charge in [0.15, 0.2) is 0 Å². The summed E-state index contributed by atoms with van der Waals surface area (Å²) in [6.45, 7) is 5.63. The van der Waals surface area contributed by atoms with Crippen molar-refractivity contribution >= 4 is 21.8 Å². The van der Waals surface area contributed by atoms with E-state index in [1.54, 1.807) is 0 Å². The van der Waals surface area contributed by atoms with Crippen molar-refractivity contribution in [1.82, 2.24) is 4.90 Å². The van der Waals surface area contributed by atoms with Crippen molar-refractivity contribution < 1.29 is 4.79 Å². The normalized spacial score (nSPS) is 12.2. The van der Waals surface area contributed by atoms with E-state index < -0.39 is 0 Å². The largest absolute Gasteiger partial charge is 0.337 e. The van der Waals surface area contributed by atoms with Gasteiger partial charge in [-0.05, 0) is 18.4 Å². The van der Waals surface area contributed by atoms with Gasteiger partial charge in [0.05, 0.1) is 4.83 Å². The van der Waals surface area contributed by atoms with Crippen molar-refractivity contribution in [2.24, 2.45) is 0 Å². The molecule has 0 heterocycles. The molecule has 0 saturated carbocycles. The molecule has 3 heteroatoms. The maximum Gasteiger partial charge on any atom is 0.236 e. The lowest BCUT2D eigenvalue weighted by atomic mass is 10.2. The average Bonchev–Trinajstić information content (AvgIpc) is 2.37. The molecular formula is C14H20BrNO. The van der Waals surface area contributed by atoms with Crippen LogP contribution in [-0.2, 0) is 11.3 Å². The molecule has 1 atom stereocenters. The van der Waals surface area contributed by atoms with E-state index in [-0.39, 0.29) is 10.7 Å². The van der Waals surface area contributed by atoms with Crippen LogP contribution in [0.3, 0.4) is 0 Å². The van der Waals surface area contributed by atoms with Crippen LogP contribution in [0.2, 0.25) is 0 Å². The maximum absolute atomic E-state index is 12.1. The molecule has 0 aromatic heterocycles. The molecule has 17 heavy (non-hydrogen) atoms. The van der Waals surface area contributed by atoms with Gasteiger partial charge < -0.3 is 4.90 Å². The Morgan fingerprint density at radius 1 is 1.29 bits per heavy atom. The monoisotopic (exact) mass is 297 g/mol. The Labute approximate surface area is 112 Å². The number of nitrogens with zero attached hydrogens (tertiary/aromatic N) is 1. The Morgan fingerprint density at radius 3 is 2.47 bits per heavy atom. The van der Waals surface area contributed by atoms with E-state index in [4.69, 9.17) is 0 Å². The van der Waals surface area contributed by atoms with Crippen LogP contribution in [0.15, 0.2) is 30.3 Å². The first-order chi connectivity index (χ1) is 8.19. The summed E-state index contributed by atoms with van der Waals surface area (Å²) >= 11 is 3.43. The Hall–Kier alpha value is -0.830. The summed E-state index contributed by atoms with van der Waals surface area (Å²) in [6.07, 6.45) is 1.82. The smallest absolute Gasteiger partial charge is 0.236 e. The van der Waals surface area contributed by atoms with Gasteiger partial charge >= 0.3 is 0 Å². The Kier molecular flexibility index (Phi) is 6.27. The molecule has 1 aromatic rings. The van der Waals surface area contributed by atoms with Gasteiger partial charge in [0.25, 0.3) is 0 Å². The lowest BCUT2D eigenvalue weighted by molar-refractivity contribution is -0.131. The first-order valence-electron chi connectivity index (χ1n) is 6.15. The van der Waals surface area contributed by atoms with Gasteiger partial charge in [-0.15, -0.1) is 0 Å². The van der Waals surface area contributed by atoms with Crippen LogP contribution in [0.25, 0.3) is 0 Å². The molecule has 0 radical (unpaired) electrons. The van der Waals surface area contributed by atoms with Crippen LogP contribution < -0.4 is 0 Å². The Balaban J connectivity index is 2.69. The van der Waals surface area contributed by atoms with E-state index in [1.165, 1.54) is 5.56 Å². The highest BCUT2D eigenvalue weighted by atomic mass is 79.9. The Bertz CT molecular complexity index is 339. The second kappa shape index (κ2) is 7.49. The minimum absolute atomic E-state index is 0.0576. The summed E-state index contributed by atoms with van der Waals surface area (Å²) in [6, 6.07) is 10.1. The van der Waals surface area contributed by atoms with E-state index in [1.807, 2.05) is 30.0 Å². The molecule has 2 nitrogen and oxygen atoms in total. The van der Waals surface area contributed by atoms with E-state index >= 15 is 0 Å². The van der Waals surface area contributed by atoms with Crippen molar-refractivity contribution in [3.8, 4) is 0 Å². The number of rotatable bonds is 6. The summed E-state index contributed by atoms with van der Waals surface area (Å²) in [4.78, 5) is 14.0. The van der Waals surface area contributed by atoms with E-state index in [0.717, 1.165) is 19.4 Å². The molecule has 0 aliphatic rings. The quantitative estimate of drug-likeness (QED) is 0.735.